The van der Waals surface area contributed by atoms with Crippen molar-refractivity contribution in [2.75, 3.05) is 0 Å². The van der Waals surface area contributed by atoms with Gasteiger partial charge < -0.3 is 9.13 Å². The predicted molar refractivity (Wildman–Crippen MR) is 241 cm³/mol. The maximum Gasteiger partial charge on any atom is 0.160 e. The summed E-state index contributed by atoms with van der Waals surface area (Å²) >= 11 is 0. The number of para-hydroxylation sites is 2. The summed E-state index contributed by atoms with van der Waals surface area (Å²) in [6, 6.07) is 70.3. The van der Waals surface area contributed by atoms with Crippen LogP contribution >= 0.6 is 0 Å². The molecule has 0 amide bonds. The van der Waals surface area contributed by atoms with E-state index in [0.717, 1.165) is 44.9 Å². The smallest absolute Gasteiger partial charge is 0.160 e. The number of benzene rings is 9. The van der Waals surface area contributed by atoms with Gasteiger partial charge in [-0.25, -0.2) is 9.97 Å². The number of hydrogen-bond donors (Lipinski definition) is 0. The van der Waals surface area contributed by atoms with Crippen LogP contribution in [0.25, 0.3) is 122 Å². The van der Waals surface area contributed by atoms with Crippen LogP contribution in [0.1, 0.15) is 0 Å². The van der Waals surface area contributed by atoms with Crippen molar-refractivity contribution >= 4 is 65.3 Å². The average Bonchev–Trinajstić information content (AvgIpc) is 3.91. The molecule has 268 valence electrons. The molecule has 4 nitrogen and oxygen atoms in total. The van der Waals surface area contributed by atoms with Crippen LogP contribution in [-0.2, 0) is 0 Å². The minimum Gasteiger partial charge on any atom is -0.309 e. The van der Waals surface area contributed by atoms with Crippen LogP contribution in [0.15, 0.2) is 194 Å². The van der Waals surface area contributed by atoms with E-state index in [1.54, 1.807) is 0 Å². The minimum atomic E-state index is 0.732. The predicted octanol–water partition coefficient (Wildman–Crippen LogP) is 14.0. The van der Waals surface area contributed by atoms with E-state index in [1.165, 1.54) is 76.7 Å². The number of nitrogens with zero attached hydrogens (tertiary/aromatic N) is 4. The first-order chi connectivity index (χ1) is 28.7. The molecule has 58 heavy (non-hydrogen) atoms. The highest BCUT2D eigenvalue weighted by molar-refractivity contribution is 6.16. The highest BCUT2D eigenvalue weighted by Crippen LogP contribution is 2.46. The lowest BCUT2D eigenvalue weighted by Crippen LogP contribution is -1.97. The van der Waals surface area contributed by atoms with Gasteiger partial charge in [0.25, 0.3) is 0 Å². The zero-order valence-electron chi connectivity index (χ0n) is 31.3. The van der Waals surface area contributed by atoms with Gasteiger partial charge in [0.2, 0.25) is 0 Å². The third kappa shape index (κ3) is 4.45. The lowest BCUT2D eigenvalue weighted by atomic mass is 10.00. The van der Waals surface area contributed by atoms with Crippen LogP contribution in [0.5, 0.6) is 0 Å². The second kappa shape index (κ2) is 11.8. The van der Waals surface area contributed by atoms with Crippen molar-refractivity contribution in [1.29, 1.82) is 0 Å². The van der Waals surface area contributed by atoms with Gasteiger partial charge in [0, 0.05) is 49.4 Å². The Labute approximate surface area is 333 Å². The summed E-state index contributed by atoms with van der Waals surface area (Å²) < 4.78 is 4.78. The third-order valence-electron chi connectivity index (χ3n) is 12.2. The molecule has 9 aromatic carbocycles. The lowest BCUT2D eigenvalue weighted by molar-refractivity contribution is 1.17. The standard InChI is InChI=1S/C54H32N4/c1-2-15-38(16-3-1)57-48-23-9-8-19-41(48)44-30-35(24-26-49(44)57)36-25-27-50-45(31-36)46-29-33-12-4-5-13-34(33)32-51(46)58(50)39-17-10-14-37(28-39)54-55-47-22-11-21-42-40-18-6-7-20-43(40)53(56-54)52(42)47/h1-32H. The fraction of sp³-hybridized carbons (Fsp3) is 0. The van der Waals surface area contributed by atoms with Gasteiger partial charge in [-0.1, -0.05) is 121 Å². The Kier molecular flexibility index (Phi) is 6.41. The first-order valence-corrected chi connectivity index (χ1v) is 19.8. The van der Waals surface area contributed by atoms with E-state index in [-0.39, 0.29) is 0 Å². The molecule has 1 aliphatic rings. The summed E-state index contributed by atoms with van der Waals surface area (Å²) in [5.74, 6) is 0.732. The Morgan fingerprint density at radius 2 is 0.931 bits per heavy atom. The van der Waals surface area contributed by atoms with E-state index in [9.17, 15) is 0 Å². The van der Waals surface area contributed by atoms with Crippen LogP contribution in [0, 0.1) is 0 Å². The van der Waals surface area contributed by atoms with E-state index in [4.69, 9.17) is 9.97 Å². The molecule has 0 atom stereocenters. The first kappa shape index (κ1) is 31.4. The van der Waals surface area contributed by atoms with Gasteiger partial charge in [-0.15, -0.1) is 0 Å². The number of rotatable bonds is 4. The normalized spacial score (nSPS) is 12.1. The van der Waals surface area contributed by atoms with E-state index in [2.05, 4.69) is 203 Å². The molecule has 0 N–H and O–H groups in total. The van der Waals surface area contributed by atoms with Gasteiger partial charge in [-0.05, 0) is 106 Å². The molecule has 3 heterocycles. The van der Waals surface area contributed by atoms with Gasteiger partial charge in [-0.3, -0.25) is 0 Å². The topological polar surface area (TPSA) is 35.6 Å². The maximum absolute atomic E-state index is 5.25. The zero-order chi connectivity index (χ0) is 37.9. The van der Waals surface area contributed by atoms with Crippen molar-refractivity contribution in [3.8, 4) is 56.3 Å². The molecule has 4 heteroatoms. The van der Waals surface area contributed by atoms with Crippen LogP contribution in [0.4, 0.5) is 0 Å². The summed E-state index contributed by atoms with van der Waals surface area (Å²) in [7, 11) is 0. The molecule has 0 saturated carbocycles. The molecule has 3 aromatic heterocycles. The fourth-order valence-corrected chi connectivity index (χ4v) is 9.61. The summed E-state index contributed by atoms with van der Waals surface area (Å²) in [5, 5.41) is 8.51. The summed E-state index contributed by atoms with van der Waals surface area (Å²) in [5.41, 5.74) is 15.9. The molecule has 1 aliphatic carbocycles. The largest absolute Gasteiger partial charge is 0.309 e. The first-order valence-electron chi connectivity index (χ1n) is 19.8. The highest BCUT2D eigenvalue weighted by Gasteiger charge is 2.24. The second-order valence-electron chi connectivity index (χ2n) is 15.4. The molecule has 12 aromatic rings. The van der Waals surface area contributed by atoms with Crippen LogP contribution in [0.2, 0.25) is 0 Å². The average molecular weight is 737 g/mol. The van der Waals surface area contributed by atoms with Crippen molar-refractivity contribution < 1.29 is 0 Å². The Hall–Kier alpha value is -7.82. The fourth-order valence-electron chi connectivity index (χ4n) is 9.61. The Balaban J connectivity index is 1.00. The van der Waals surface area contributed by atoms with Crippen molar-refractivity contribution in [3.63, 3.8) is 0 Å². The van der Waals surface area contributed by atoms with Gasteiger partial charge in [0.05, 0.1) is 33.3 Å². The van der Waals surface area contributed by atoms with Crippen LogP contribution in [-0.4, -0.2) is 19.1 Å². The Bertz CT molecular complexity index is 3680. The van der Waals surface area contributed by atoms with Gasteiger partial charge >= 0.3 is 0 Å². The molecule has 0 unspecified atom stereocenters. The van der Waals surface area contributed by atoms with Crippen molar-refractivity contribution in [2.45, 2.75) is 0 Å². The van der Waals surface area contributed by atoms with Crippen LogP contribution in [0.3, 0.4) is 0 Å². The second-order valence-corrected chi connectivity index (χ2v) is 15.4. The van der Waals surface area contributed by atoms with Crippen molar-refractivity contribution in [2.24, 2.45) is 0 Å². The number of aromatic nitrogens is 4. The van der Waals surface area contributed by atoms with E-state index in [0.29, 0.717) is 0 Å². The Morgan fingerprint density at radius 3 is 1.76 bits per heavy atom. The van der Waals surface area contributed by atoms with Gasteiger partial charge in [0.1, 0.15) is 0 Å². The SMILES string of the molecule is c1ccc(-n2c3ccccc3c3cc(-c4ccc5c(c4)c4cc6ccccc6cc4n5-c4cccc(-c5nc6c7c(cccc7n5)-c5ccccc5-6)c4)ccc32)cc1. The monoisotopic (exact) mass is 736 g/mol. The van der Waals surface area contributed by atoms with E-state index < -0.39 is 0 Å². The zero-order valence-corrected chi connectivity index (χ0v) is 31.3. The summed E-state index contributed by atoms with van der Waals surface area (Å²) in [6.45, 7) is 0. The summed E-state index contributed by atoms with van der Waals surface area (Å²) in [6.07, 6.45) is 0. The quantitative estimate of drug-likeness (QED) is 0.180. The third-order valence-corrected chi connectivity index (χ3v) is 12.2. The number of hydrogen-bond acceptors (Lipinski definition) is 2. The molecular weight excluding hydrogens is 705 g/mol. The molecule has 0 bridgehead atoms. The summed E-state index contributed by atoms with van der Waals surface area (Å²) in [4.78, 5) is 10.4. The van der Waals surface area contributed by atoms with E-state index in [1.807, 2.05) is 0 Å². The lowest BCUT2D eigenvalue weighted by Gasteiger charge is -2.12. The molecule has 0 aliphatic heterocycles. The maximum atomic E-state index is 5.25. The van der Waals surface area contributed by atoms with Crippen LogP contribution < -0.4 is 0 Å². The molecule has 0 fully saturated rings. The molecule has 0 radical (unpaired) electrons. The molecular formula is C54H32N4. The van der Waals surface area contributed by atoms with Crippen molar-refractivity contribution in [3.05, 3.63) is 194 Å². The number of fused-ring (bicyclic) bond motifs is 10. The minimum absolute atomic E-state index is 0.732. The van der Waals surface area contributed by atoms with E-state index >= 15 is 0 Å². The highest BCUT2D eigenvalue weighted by atomic mass is 15.0. The molecule has 0 spiro atoms. The molecule has 0 saturated heterocycles. The van der Waals surface area contributed by atoms with Gasteiger partial charge in [-0.2, -0.15) is 0 Å². The Morgan fingerprint density at radius 1 is 0.328 bits per heavy atom. The molecule has 13 rings (SSSR count). The van der Waals surface area contributed by atoms with Crippen molar-refractivity contribution in [1.82, 2.24) is 19.1 Å². The van der Waals surface area contributed by atoms with Gasteiger partial charge in [0.15, 0.2) is 5.82 Å².